The van der Waals surface area contributed by atoms with Crippen molar-refractivity contribution in [3.05, 3.63) is 29.3 Å². The van der Waals surface area contributed by atoms with Crippen LogP contribution >= 0.6 is 11.3 Å². The van der Waals surface area contributed by atoms with Crippen molar-refractivity contribution in [3.8, 4) is 10.7 Å². The summed E-state index contributed by atoms with van der Waals surface area (Å²) in [4.78, 5) is 26.6. The molecule has 3 N–H and O–H groups in total. The van der Waals surface area contributed by atoms with E-state index in [-0.39, 0.29) is 0 Å². The standard InChI is InChI=1S/C15H15N5O2S/c16-13(21)10-1-2-17-15-12(10)18-14(19-15)11-7-9(8-23-11)20-3-5-22-6-4-20/h1-2,7-8H,3-6H2,(H2,16,21)(H,17,18,19). The number of amides is 1. The number of pyridine rings is 1. The minimum absolute atomic E-state index is 0.402. The van der Waals surface area contributed by atoms with E-state index in [0.717, 1.165) is 36.9 Å². The van der Waals surface area contributed by atoms with Gasteiger partial charge in [-0.1, -0.05) is 0 Å². The number of H-pyrrole nitrogens is 1. The van der Waals surface area contributed by atoms with Crippen LogP contribution in [0.4, 0.5) is 5.69 Å². The summed E-state index contributed by atoms with van der Waals surface area (Å²) in [5.74, 6) is 0.207. The van der Waals surface area contributed by atoms with Crippen molar-refractivity contribution in [2.45, 2.75) is 0 Å². The Morgan fingerprint density at radius 2 is 2.22 bits per heavy atom. The molecule has 0 spiro atoms. The molecule has 0 aromatic carbocycles. The Morgan fingerprint density at radius 3 is 3.00 bits per heavy atom. The fourth-order valence-corrected chi connectivity index (χ4v) is 3.53. The Kier molecular flexibility index (Phi) is 3.47. The second-order valence-electron chi connectivity index (χ2n) is 5.28. The van der Waals surface area contributed by atoms with Crippen molar-refractivity contribution in [2.75, 3.05) is 31.2 Å². The molecular weight excluding hydrogens is 314 g/mol. The molecule has 0 unspecified atom stereocenters. The molecule has 1 saturated heterocycles. The third-order valence-corrected chi connectivity index (χ3v) is 4.78. The molecule has 1 amide bonds. The topological polar surface area (TPSA) is 97.1 Å². The molecule has 0 atom stereocenters. The quantitative estimate of drug-likeness (QED) is 0.761. The molecule has 3 aromatic rings. The number of carbonyl (C=O) groups excluding carboxylic acids is 1. The lowest BCUT2D eigenvalue weighted by molar-refractivity contribution is 0.100. The van der Waals surface area contributed by atoms with Crippen LogP contribution in [0.2, 0.25) is 0 Å². The predicted molar refractivity (Wildman–Crippen MR) is 88.8 cm³/mol. The van der Waals surface area contributed by atoms with E-state index in [1.807, 2.05) is 0 Å². The number of carbonyl (C=O) groups is 1. The lowest BCUT2D eigenvalue weighted by Crippen LogP contribution is -2.35. The van der Waals surface area contributed by atoms with Crippen LogP contribution in [-0.4, -0.2) is 47.2 Å². The Balaban J connectivity index is 1.70. The zero-order valence-electron chi connectivity index (χ0n) is 12.3. The Hall–Kier alpha value is -2.45. The van der Waals surface area contributed by atoms with Gasteiger partial charge in [-0.15, -0.1) is 11.3 Å². The molecular formula is C15H15N5O2S. The van der Waals surface area contributed by atoms with Gasteiger partial charge in [0.05, 0.1) is 29.2 Å². The summed E-state index contributed by atoms with van der Waals surface area (Å²) in [7, 11) is 0. The molecule has 0 bridgehead atoms. The van der Waals surface area contributed by atoms with Gasteiger partial charge in [0.2, 0.25) is 0 Å². The smallest absolute Gasteiger partial charge is 0.251 e. The number of aromatic amines is 1. The number of hydrogen-bond donors (Lipinski definition) is 2. The van der Waals surface area contributed by atoms with E-state index in [1.165, 1.54) is 0 Å². The molecule has 0 aliphatic carbocycles. The second kappa shape index (κ2) is 5.64. The van der Waals surface area contributed by atoms with Crippen molar-refractivity contribution in [3.63, 3.8) is 0 Å². The third kappa shape index (κ3) is 2.55. The fourth-order valence-electron chi connectivity index (χ4n) is 2.67. The van der Waals surface area contributed by atoms with Crippen molar-refractivity contribution >= 4 is 34.1 Å². The number of ether oxygens (including phenoxy) is 1. The Labute approximate surface area is 136 Å². The Morgan fingerprint density at radius 1 is 1.39 bits per heavy atom. The first-order valence-electron chi connectivity index (χ1n) is 7.28. The molecule has 23 heavy (non-hydrogen) atoms. The van der Waals surface area contributed by atoms with Crippen molar-refractivity contribution in [1.29, 1.82) is 0 Å². The molecule has 0 radical (unpaired) electrons. The molecule has 3 aromatic heterocycles. The number of nitrogens with two attached hydrogens (primary N) is 1. The summed E-state index contributed by atoms with van der Waals surface area (Å²) < 4.78 is 5.38. The molecule has 4 heterocycles. The highest BCUT2D eigenvalue weighted by atomic mass is 32.1. The fraction of sp³-hybridized carbons (Fsp3) is 0.267. The van der Waals surface area contributed by atoms with Crippen molar-refractivity contribution in [2.24, 2.45) is 5.73 Å². The van der Waals surface area contributed by atoms with E-state index in [4.69, 9.17) is 10.5 Å². The van der Waals surface area contributed by atoms with Crippen LogP contribution in [0.1, 0.15) is 10.4 Å². The van der Waals surface area contributed by atoms with Gasteiger partial charge in [0, 0.05) is 30.4 Å². The van der Waals surface area contributed by atoms with Gasteiger partial charge in [-0.2, -0.15) is 0 Å². The van der Waals surface area contributed by atoms with Crippen LogP contribution in [-0.2, 0) is 4.74 Å². The number of morpholine rings is 1. The van der Waals surface area contributed by atoms with Crippen LogP contribution in [0.5, 0.6) is 0 Å². The van der Waals surface area contributed by atoms with Crippen LogP contribution < -0.4 is 10.6 Å². The summed E-state index contributed by atoms with van der Waals surface area (Å²) in [5, 5.41) is 2.11. The summed E-state index contributed by atoms with van der Waals surface area (Å²) >= 11 is 1.61. The minimum Gasteiger partial charge on any atom is -0.378 e. The SMILES string of the molecule is NC(=O)c1ccnc2nc(-c3cc(N4CCOCC4)cs3)[nH]c12. The van der Waals surface area contributed by atoms with Gasteiger partial charge in [-0.05, 0) is 12.1 Å². The Bertz CT molecular complexity index is 866. The number of imidazole rings is 1. The van der Waals surface area contributed by atoms with E-state index in [2.05, 4.69) is 31.3 Å². The first kappa shape index (κ1) is 14.2. The molecule has 1 aliphatic rings. The molecule has 8 heteroatoms. The van der Waals surface area contributed by atoms with Crippen LogP contribution in [0.25, 0.3) is 21.9 Å². The molecule has 4 rings (SSSR count). The molecule has 1 aliphatic heterocycles. The summed E-state index contributed by atoms with van der Waals surface area (Å²) in [6.45, 7) is 3.29. The molecule has 118 valence electrons. The highest BCUT2D eigenvalue weighted by molar-refractivity contribution is 7.14. The van der Waals surface area contributed by atoms with Gasteiger partial charge in [0.25, 0.3) is 5.91 Å². The maximum atomic E-state index is 11.5. The van der Waals surface area contributed by atoms with Crippen molar-refractivity contribution < 1.29 is 9.53 Å². The van der Waals surface area contributed by atoms with Crippen LogP contribution in [0.15, 0.2) is 23.7 Å². The predicted octanol–water partition coefficient (Wildman–Crippen LogP) is 1.62. The largest absolute Gasteiger partial charge is 0.378 e. The van der Waals surface area contributed by atoms with Gasteiger partial charge in [0.15, 0.2) is 11.5 Å². The number of nitrogens with one attached hydrogen (secondary N) is 1. The van der Waals surface area contributed by atoms with E-state index >= 15 is 0 Å². The minimum atomic E-state index is -0.493. The van der Waals surface area contributed by atoms with Gasteiger partial charge >= 0.3 is 0 Å². The monoisotopic (exact) mass is 329 g/mol. The number of primary amides is 1. The molecule has 0 saturated carbocycles. The zero-order valence-corrected chi connectivity index (χ0v) is 13.1. The first-order valence-corrected chi connectivity index (χ1v) is 8.16. The molecule has 1 fully saturated rings. The number of nitrogens with zero attached hydrogens (tertiary/aromatic N) is 3. The van der Waals surface area contributed by atoms with E-state index in [1.54, 1.807) is 23.6 Å². The highest BCUT2D eigenvalue weighted by Crippen LogP contribution is 2.31. The van der Waals surface area contributed by atoms with E-state index in [0.29, 0.717) is 22.6 Å². The lowest BCUT2D eigenvalue weighted by atomic mass is 10.2. The van der Waals surface area contributed by atoms with E-state index < -0.39 is 5.91 Å². The number of hydrogen-bond acceptors (Lipinski definition) is 6. The lowest BCUT2D eigenvalue weighted by Gasteiger charge is -2.27. The average molecular weight is 329 g/mol. The van der Waals surface area contributed by atoms with Crippen LogP contribution in [0, 0.1) is 0 Å². The number of fused-ring (bicyclic) bond motifs is 1. The van der Waals surface area contributed by atoms with Gasteiger partial charge in [0.1, 0.15) is 0 Å². The van der Waals surface area contributed by atoms with E-state index in [9.17, 15) is 4.79 Å². The number of rotatable bonds is 3. The summed E-state index contributed by atoms with van der Waals surface area (Å²) in [5.41, 5.74) is 8.04. The average Bonchev–Trinajstić information content (AvgIpc) is 3.21. The summed E-state index contributed by atoms with van der Waals surface area (Å²) in [6, 6.07) is 3.69. The normalized spacial score (nSPS) is 15.2. The summed E-state index contributed by atoms with van der Waals surface area (Å²) in [6.07, 6.45) is 1.54. The van der Waals surface area contributed by atoms with Crippen molar-refractivity contribution in [1.82, 2.24) is 15.0 Å². The zero-order chi connectivity index (χ0) is 15.8. The molecule has 7 nitrogen and oxygen atoms in total. The number of thiophene rings is 1. The number of anilines is 1. The highest BCUT2D eigenvalue weighted by Gasteiger charge is 2.17. The van der Waals surface area contributed by atoms with Gasteiger partial charge < -0.3 is 20.4 Å². The van der Waals surface area contributed by atoms with Crippen LogP contribution in [0.3, 0.4) is 0 Å². The first-order chi connectivity index (χ1) is 11.2. The third-order valence-electron chi connectivity index (χ3n) is 3.85. The maximum Gasteiger partial charge on any atom is 0.251 e. The number of aromatic nitrogens is 3. The maximum absolute atomic E-state index is 11.5. The van der Waals surface area contributed by atoms with Gasteiger partial charge in [-0.25, -0.2) is 9.97 Å². The van der Waals surface area contributed by atoms with Gasteiger partial charge in [-0.3, -0.25) is 4.79 Å². The second-order valence-corrected chi connectivity index (χ2v) is 6.19.